The van der Waals surface area contributed by atoms with E-state index in [0.29, 0.717) is 0 Å². The van der Waals surface area contributed by atoms with Crippen LogP contribution in [-0.4, -0.2) is 7.28 Å². The molecule has 0 saturated carbocycles. The molecule has 0 unspecified atom stereocenters. The van der Waals surface area contributed by atoms with Crippen LogP contribution < -0.4 is 26.0 Å². The summed E-state index contributed by atoms with van der Waals surface area (Å²) >= 11 is 0. The maximum absolute atomic E-state index is 4.09. The summed E-state index contributed by atoms with van der Waals surface area (Å²) in [5.74, 6) is 0. The van der Waals surface area contributed by atoms with E-state index in [9.17, 15) is 0 Å². The van der Waals surface area contributed by atoms with Crippen LogP contribution in [0.1, 0.15) is 107 Å². The first-order valence-corrected chi connectivity index (χ1v) is 28.4. The fraction of sp³-hybridized carbons (Fsp3) is 0.200. The number of fused-ring (bicyclic) bond motifs is 5. The number of anilines is 8. The zero-order valence-corrected chi connectivity index (χ0v) is 47.2. The van der Waals surface area contributed by atoms with Crippen molar-refractivity contribution >= 4 is 63.7 Å². The Labute approximate surface area is 469 Å². The van der Waals surface area contributed by atoms with Crippen LogP contribution >= 0.6 is 0 Å². The van der Waals surface area contributed by atoms with E-state index in [1.165, 1.54) is 88.9 Å². The highest BCUT2D eigenvalue weighted by Gasteiger charge is 2.43. The van der Waals surface area contributed by atoms with Crippen molar-refractivity contribution in [3.8, 4) is 33.4 Å². The van der Waals surface area contributed by atoms with Crippen molar-refractivity contribution in [3.05, 3.63) is 263 Å². The normalized spacial score (nSPS) is 15.8. The molecule has 387 valence electrons. The number of aryl methyl sites for hydroxylation is 1. The maximum Gasteiger partial charge on any atom is 0.197 e. The fourth-order valence-electron chi connectivity index (χ4n) is 13.4. The molecular weight excluding hydrogens is 954 g/mol. The lowest BCUT2D eigenvalue weighted by atomic mass is 9.57. The minimum atomic E-state index is -0.272. The Morgan fingerprint density at radius 2 is 0.899 bits per heavy atom. The number of para-hydroxylation sites is 2. The van der Waals surface area contributed by atoms with Crippen LogP contribution in [0.4, 0.5) is 45.5 Å². The summed E-state index contributed by atoms with van der Waals surface area (Å²) in [6.45, 7) is 21.8. The van der Waals surface area contributed by atoms with Crippen LogP contribution in [0.2, 0.25) is 0 Å². The predicted molar refractivity (Wildman–Crippen MR) is 338 cm³/mol. The van der Waals surface area contributed by atoms with E-state index in [2.05, 4.69) is 309 Å². The van der Waals surface area contributed by atoms with E-state index in [1.54, 1.807) is 0 Å². The van der Waals surface area contributed by atoms with Gasteiger partial charge >= 0.3 is 0 Å². The van der Waals surface area contributed by atoms with Crippen molar-refractivity contribution in [2.75, 3.05) is 15.1 Å². The van der Waals surface area contributed by atoms with Gasteiger partial charge in [0.05, 0.1) is 0 Å². The van der Waals surface area contributed by atoms with Gasteiger partial charge in [-0.05, 0) is 182 Å². The molecular formula is C75H69BN3. The Bertz CT molecular complexity index is 3910. The first kappa shape index (κ1) is 50.2. The number of nitrogens with zero attached hydrogens (tertiary/aromatic N) is 2. The average Bonchev–Trinajstić information content (AvgIpc) is 3.63. The third kappa shape index (κ3) is 8.59. The van der Waals surface area contributed by atoms with Gasteiger partial charge in [0.1, 0.15) is 0 Å². The first-order valence-electron chi connectivity index (χ1n) is 28.4. The molecule has 0 amide bonds. The summed E-state index contributed by atoms with van der Waals surface area (Å²) < 4.78 is 0. The molecule has 3 aliphatic rings. The van der Waals surface area contributed by atoms with Crippen LogP contribution in [0, 0.1) is 6.92 Å². The standard InChI is InChI=1S/C75H69BN3/c1-49-42-62-63(73(4,5)41-40-72(62,2)3)48-68(49)79-69-45-57(78(55-28-18-12-19-29-55)56-30-20-13-21-31-56)38-39-66(69)76-71-59(43-53(44-70(71)79)51-26-16-11-17-27-51)58-46-64-65(75(8,9)61-33-23-22-32-60(61)74(64,6)7)47-67(58)77-54-36-34-52(35-37-54)50-24-14-10-15-25-50/h10-39,42-48,77H,40-41H2,1-9H3. The Balaban J connectivity index is 1.09. The van der Waals surface area contributed by atoms with Crippen LogP contribution in [0.25, 0.3) is 33.4 Å². The zero-order valence-electron chi connectivity index (χ0n) is 47.2. The molecule has 79 heavy (non-hydrogen) atoms. The van der Waals surface area contributed by atoms with Crippen molar-refractivity contribution in [1.82, 2.24) is 0 Å². The molecule has 4 heteroatoms. The molecule has 13 rings (SSSR count). The van der Waals surface area contributed by atoms with Crippen LogP contribution in [-0.2, 0) is 21.7 Å². The lowest BCUT2D eigenvalue weighted by molar-refractivity contribution is 0.332. The molecule has 1 N–H and O–H groups in total. The van der Waals surface area contributed by atoms with E-state index >= 15 is 0 Å². The molecule has 0 atom stereocenters. The Kier molecular flexibility index (Phi) is 12.0. The Morgan fingerprint density at radius 1 is 0.392 bits per heavy atom. The van der Waals surface area contributed by atoms with Gasteiger partial charge in [-0.1, -0.05) is 206 Å². The van der Waals surface area contributed by atoms with Crippen molar-refractivity contribution < 1.29 is 0 Å². The van der Waals surface area contributed by atoms with Gasteiger partial charge in [-0.3, -0.25) is 0 Å². The van der Waals surface area contributed by atoms with Gasteiger partial charge < -0.3 is 15.1 Å². The highest BCUT2D eigenvalue weighted by atomic mass is 15.2. The third-order valence-corrected chi connectivity index (χ3v) is 18.1. The van der Waals surface area contributed by atoms with Gasteiger partial charge in [-0.25, -0.2) is 0 Å². The summed E-state index contributed by atoms with van der Waals surface area (Å²) in [5, 5.41) is 4.09. The quantitative estimate of drug-likeness (QED) is 0.145. The second kappa shape index (κ2) is 18.9. The van der Waals surface area contributed by atoms with Crippen LogP contribution in [0.15, 0.2) is 224 Å². The number of benzene rings is 10. The number of hydrogen-bond acceptors (Lipinski definition) is 3. The molecule has 10 aromatic carbocycles. The second-order valence-electron chi connectivity index (χ2n) is 24.8. The maximum atomic E-state index is 4.09. The summed E-state index contributed by atoms with van der Waals surface area (Å²) in [7, 11) is 2.48. The molecule has 0 spiro atoms. The second-order valence-corrected chi connectivity index (χ2v) is 24.8. The Morgan fingerprint density at radius 3 is 1.48 bits per heavy atom. The highest BCUT2D eigenvalue weighted by Crippen LogP contribution is 2.54. The van der Waals surface area contributed by atoms with Gasteiger partial charge in [0.15, 0.2) is 7.28 Å². The minimum Gasteiger partial charge on any atom is -0.355 e. The number of rotatable bonds is 9. The van der Waals surface area contributed by atoms with E-state index in [4.69, 9.17) is 0 Å². The SMILES string of the molecule is Cc1cc2c(cc1N1c3cc(N(c4ccccc4)c4ccccc4)ccc3[B]c3c(-c4cc5c(cc4Nc4ccc(-c6ccccc6)cc4)C(C)(C)c4ccccc4C5(C)C)cc(-c4ccccc4)cc31)C(C)(C)CCC2(C)C. The largest absolute Gasteiger partial charge is 0.355 e. The van der Waals surface area contributed by atoms with E-state index < -0.39 is 0 Å². The van der Waals surface area contributed by atoms with E-state index in [1.807, 2.05) is 0 Å². The average molecular weight is 1020 g/mol. The molecule has 1 aliphatic heterocycles. The highest BCUT2D eigenvalue weighted by molar-refractivity contribution is 6.73. The monoisotopic (exact) mass is 1020 g/mol. The molecule has 1 radical (unpaired) electrons. The topological polar surface area (TPSA) is 18.5 Å². The molecule has 0 aromatic heterocycles. The van der Waals surface area contributed by atoms with Gasteiger partial charge in [0.25, 0.3) is 0 Å². The van der Waals surface area contributed by atoms with Gasteiger partial charge in [0, 0.05) is 61.9 Å². The molecule has 2 aliphatic carbocycles. The summed E-state index contributed by atoms with van der Waals surface area (Å²) in [4.78, 5) is 5.02. The van der Waals surface area contributed by atoms with Crippen molar-refractivity contribution in [3.63, 3.8) is 0 Å². The first-order chi connectivity index (χ1) is 38.1. The Hall–Kier alpha value is -8.34. The fourth-order valence-corrected chi connectivity index (χ4v) is 13.4. The minimum absolute atomic E-state index is 0.000608. The number of nitrogens with one attached hydrogen (secondary N) is 1. The summed E-state index contributed by atoms with van der Waals surface area (Å²) in [6.07, 6.45) is 2.29. The molecule has 0 fully saturated rings. The third-order valence-electron chi connectivity index (χ3n) is 18.1. The lowest BCUT2D eigenvalue weighted by Gasteiger charge is -2.45. The molecule has 3 nitrogen and oxygen atoms in total. The molecule has 10 aromatic rings. The van der Waals surface area contributed by atoms with E-state index in [0.717, 1.165) is 52.7 Å². The summed E-state index contributed by atoms with van der Waals surface area (Å²) in [6, 6.07) is 83.6. The van der Waals surface area contributed by atoms with Crippen molar-refractivity contribution in [2.24, 2.45) is 0 Å². The molecule has 1 heterocycles. The summed E-state index contributed by atoms with van der Waals surface area (Å²) in [5.41, 5.74) is 27.6. The van der Waals surface area contributed by atoms with Crippen molar-refractivity contribution in [2.45, 2.75) is 96.8 Å². The predicted octanol–water partition coefficient (Wildman–Crippen LogP) is 19.0. The zero-order chi connectivity index (χ0) is 54.4. The van der Waals surface area contributed by atoms with E-state index in [-0.39, 0.29) is 21.7 Å². The molecule has 0 bridgehead atoms. The lowest BCUT2D eigenvalue weighted by Crippen LogP contribution is -2.42. The van der Waals surface area contributed by atoms with Crippen LogP contribution in [0.3, 0.4) is 0 Å². The van der Waals surface area contributed by atoms with Crippen LogP contribution in [0.5, 0.6) is 0 Å². The van der Waals surface area contributed by atoms with Crippen molar-refractivity contribution in [1.29, 1.82) is 0 Å². The van der Waals surface area contributed by atoms with Gasteiger partial charge in [-0.15, -0.1) is 0 Å². The van der Waals surface area contributed by atoms with Gasteiger partial charge in [-0.2, -0.15) is 0 Å². The smallest absolute Gasteiger partial charge is 0.197 e. The number of hydrogen-bond donors (Lipinski definition) is 1. The van der Waals surface area contributed by atoms with Gasteiger partial charge in [0.2, 0.25) is 0 Å². The molecule has 0 saturated heterocycles.